The Labute approximate surface area is 254 Å². The zero-order valence-corrected chi connectivity index (χ0v) is 24.3. The molecular weight excluding hydrogens is 620 g/mol. The summed E-state index contributed by atoms with van der Waals surface area (Å²) < 4.78 is 6.07. The molecule has 4 aromatic rings. The Hall–Kier alpha value is -4.27. The highest BCUT2D eigenvalue weighted by atomic mass is 79.9. The number of anilines is 2. The summed E-state index contributed by atoms with van der Waals surface area (Å²) in [6, 6.07) is 27.3. The molecule has 8 rings (SSSR count). The van der Waals surface area contributed by atoms with Gasteiger partial charge in [-0.2, -0.15) is 0 Å². The first kappa shape index (κ1) is 26.6. The second-order valence-electron chi connectivity index (χ2n) is 10.5. The van der Waals surface area contributed by atoms with Crippen LogP contribution in [0.1, 0.15) is 44.4 Å². The van der Waals surface area contributed by atoms with Crippen LogP contribution in [-0.4, -0.2) is 30.3 Å². The van der Waals surface area contributed by atoms with E-state index in [2.05, 4.69) is 21.2 Å². The van der Waals surface area contributed by atoms with Crippen molar-refractivity contribution in [1.82, 2.24) is 0 Å². The number of carbonyl (C=O) groups is 4. The third-order valence-electron chi connectivity index (χ3n) is 8.35. The zero-order valence-electron chi connectivity index (χ0n) is 21.9. The summed E-state index contributed by atoms with van der Waals surface area (Å²) in [5.41, 5.74) is 4.80. The van der Waals surface area contributed by atoms with E-state index in [9.17, 15) is 19.2 Å². The van der Waals surface area contributed by atoms with Crippen LogP contribution in [0.3, 0.4) is 0 Å². The van der Waals surface area contributed by atoms with E-state index in [-0.39, 0.29) is 34.9 Å². The fourth-order valence-electron chi connectivity index (χ4n) is 6.74. The molecule has 1 aliphatic heterocycles. The first-order valence-corrected chi connectivity index (χ1v) is 14.6. The average molecular weight is 642 g/mol. The van der Waals surface area contributed by atoms with Crippen LogP contribution in [0.5, 0.6) is 0 Å². The van der Waals surface area contributed by atoms with Gasteiger partial charge in [0, 0.05) is 16.3 Å². The standard InChI is InChI=1S/C33H22BrClN2O5/c34-17-13-14-24(23(35)15-17)36-26(38)16-42-33(41)22-11-5-6-12-25(22)37-31(39)29-27-18-7-1-2-8-19(18)28(30(29)32(37)40)21-10-4-3-9-20(21)27/h1-15,27-30H,16H2,(H,36,38)/t27?,28?,29-,30-/m0/s1. The molecule has 208 valence electrons. The second-order valence-corrected chi connectivity index (χ2v) is 11.9. The summed E-state index contributed by atoms with van der Waals surface area (Å²) in [6.45, 7) is -0.582. The fourth-order valence-corrected chi connectivity index (χ4v) is 7.46. The first-order chi connectivity index (χ1) is 20.3. The Bertz CT molecular complexity index is 1710. The number of hydrogen-bond donors (Lipinski definition) is 1. The number of hydrogen-bond acceptors (Lipinski definition) is 5. The van der Waals surface area contributed by atoms with E-state index in [1.54, 1.807) is 36.4 Å². The number of carbonyl (C=O) groups excluding carboxylic acids is 4. The first-order valence-electron chi connectivity index (χ1n) is 13.4. The number of ether oxygens (including phenoxy) is 1. The van der Waals surface area contributed by atoms with E-state index >= 15 is 0 Å². The molecule has 1 saturated heterocycles. The van der Waals surface area contributed by atoms with Crippen LogP contribution in [0.4, 0.5) is 11.4 Å². The van der Waals surface area contributed by atoms with Gasteiger partial charge in [0.15, 0.2) is 6.61 Å². The SMILES string of the molecule is O=C(COC(=O)c1ccccc1N1C(=O)[C@H]2C3c4ccccc4C(c4ccccc43)[C@@H]2C1=O)Nc1ccc(Br)cc1Cl. The van der Waals surface area contributed by atoms with Crippen molar-refractivity contribution in [3.63, 3.8) is 0 Å². The van der Waals surface area contributed by atoms with Gasteiger partial charge >= 0.3 is 5.97 Å². The molecule has 0 saturated carbocycles. The van der Waals surface area contributed by atoms with Gasteiger partial charge in [-0.1, -0.05) is 88.2 Å². The highest BCUT2D eigenvalue weighted by Gasteiger charge is 2.62. The minimum absolute atomic E-state index is 0.0229. The number of imide groups is 1. The molecule has 0 spiro atoms. The van der Waals surface area contributed by atoms with Gasteiger partial charge in [0.05, 0.1) is 33.8 Å². The summed E-state index contributed by atoms with van der Waals surface area (Å²) in [7, 11) is 0. The number of halogens is 2. The van der Waals surface area contributed by atoms with Crippen molar-refractivity contribution < 1.29 is 23.9 Å². The van der Waals surface area contributed by atoms with Crippen LogP contribution in [0.15, 0.2) is 95.5 Å². The lowest BCUT2D eigenvalue weighted by Crippen LogP contribution is -2.41. The van der Waals surface area contributed by atoms with E-state index in [0.29, 0.717) is 10.7 Å². The third-order valence-corrected chi connectivity index (χ3v) is 9.16. The highest BCUT2D eigenvalue weighted by molar-refractivity contribution is 9.10. The van der Waals surface area contributed by atoms with Gasteiger partial charge in [-0.25, -0.2) is 9.69 Å². The summed E-state index contributed by atoms with van der Waals surface area (Å²) in [6.07, 6.45) is 0. The highest BCUT2D eigenvalue weighted by Crippen LogP contribution is 2.61. The molecule has 2 atom stereocenters. The van der Waals surface area contributed by atoms with Crippen molar-refractivity contribution in [3.8, 4) is 0 Å². The van der Waals surface area contributed by atoms with Crippen LogP contribution < -0.4 is 10.2 Å². The monoisotopic (exact) mass is 640 g/mol. The molecule has 0 unspecified atom stereocenters. The quantitative estimate of drug-likeness (QED) is 0.204. The topological polar surface area (TPSA) is 92.8 Å². The summed E-state index contributed by atoms with van der Waals surface area (Å²) >= 11 is 9.48. The minimum Gasteiger partial charge on any atom is -0.452 e. The number of benzene rings is 4. The van der Waals surface area contributed by atoms with Crippen molar-refractivity contribution in [2.45, 2.75) is 11.8 Å². The molecule has 9 heteroatoms. The largest absolute Gasteiger partial charge is 0.452 e. The number of para-hydroxylation sites is 1. The number of esters is 1. The molecule has 3 aliphatic carbocycles. The summed E-state index contributed by atoms with van der Waals surface area (Å²) in [4.78, 5) is 55.2. The van der Waals surface area contributed by atoms with E-state index in [4.69, 9.17) is 16.3 Å². The van der Waals surface area contributed by atoms with Gasteiger partial charge in [0.1, 0.15) is 0 Å². The predicted molar refractivity (Wildman–Crippen MR) is 161 cm³/mol. The van der Waals surface area contributed by atoms with Gasteiger partial charge in [-0.15, -0.1) is 0 Å². The van der Waals surface area contributed by atoms with Gasteiger partial charge in [0.25, 0.3) is 5.91 Å². The van der Waals surface area contributed by atoms with Crippen molar-refractivity contribution in [2.24, 2.45) is 11.8 Å². The van der Waals surface area contributed by atoms with Gasteiger partial charge in [0.2, 0.25) is 11.8 Å². The molecular formula is C33H22BrClN2O5. The lowest BCUT2D eigenvalue weighted by molar-refractivity contribution is -0.122. The van der Waals surface area contributed by atoms with Crippen LogP contribution in [0.25, 0.3) is 0 Å². The van der Waals surface area contributed by atoms with E-state index in [1.807, 2.05) is 48.5 Å². The van der Waals surface area contributed by atoms with Gasteiger partial charge in [-0.3, -0.25) is 14.4 Å². The maximum absolute atomic E-state index is 14.1. The zero-order chi connectivity index (χ0) is 29.1. The molecule has 0 aromatic heterocycles. The molecule has 0 radical (unpaired) electrons. The number of nitrogens with zero attached hydrogens (tertiary/aromatic N) is 1. The van der Waals surface area contributed by atoms with Gasteiger partial charge in [-0.05, 0) is 52.6 Å². The van der Waals surface area contributed by atoms with Crippen molar-refractivity contribution in [1.29, 1.82) is 0 Å². The molecule has 3 amide bonds. The Morgan fingerprint density at radius 3 is 1.86 bits per heavy atom. The number of nitrogens with one attached hydrogen (secondary N) is 1. The van der Waals surface area contributed by atoms with Crippen LogP contribution >= 0.6 is 27.5 Å². The van der Waals surface area contributed by atoms with E-state index in [0.717, 1.165) is 31.6 Å². The van der Waals surface area contributed by atoms with Crippen LogP contribution in [-0.2, 0) is 19.1 Å². The maximum atomic E-state index is 14.1. The Kier molecular flexibility index (Phi) is 6.48. The van der Waals surface area contributed by atoms with Crippen LogP contribution in [0, 0.1) is 11.8 Å². The Balaban J connectivity index is 1.17. The summed E-state index contributed by atoms with van der Waals surface area (Å²) in [5.74, 6) is -3.79. The Morgan fingerprint density at radius 1 is 0.786 bits per heavy atom. The van der Waals surface area contributed by atoms with Crippen LogP contribution in [0.2, 0.25) is 5.02 Å². The predicted octanol–water partition coefficient (Wildman–Crippen LogP) is 6.29. The van der Waals surface area contributed by atoms with E-state index in [1.165, 1.54) is 6.07 Å². The average Bonchev–Trinajstić information content (AvgIpc) is 3.27. The van der Waals surface area contributed by atoms with Crippen molar-refractivity contribution in [2.75, 3.05) is 16.8 Å². The minimum atomic E-state index is -0.826. The number of rotatable bonds is 5. The molecule has 4 aliphatic rings. The molecule has 1 heterocycles. The summed E-state index contributed by atoms with van der Waals surface area (Å²) in [5, 5.41) is 2.93. The molecule has 1 fully saturated rings. The lowest BCUT2D eigenvalue weighted by Gasteiger charge is -2.45. The smallest absolute Gasteiger partial charge is 0.340 e. The molecule has 7 nitrogen and oxygen atoms in total. The normalized spacial score (nSPS) is 21.4. The van der Waals surface area contributed by atoms with E-state index < -0.39 is 30.3 Å². The number of amides is 3. The molecule has 2 bridgehead atoms. The Morgan fingerprint density at radius 2 is 1.31 bits per heavy atom. The molecule has 42 heavy (non-hydrogen) atoms. The molecule has 4 aromatic carbocycles. The molecule has 1 N–H and O–H groups in total. The second kappa shape index (κ2) is 10.2. The third kappa shape index (κ3) is 4.08. The van der Waals surface area contributed by atoms with Crippen molar-refractivity contribution >= 4 is 62.6 Å². The maximum Gasteiger partial charge on any atom is 0.340 e. The lowest BCUT2D eigenvalue weighted by atomic mass is 9.55. The van der Waals surface area contributed by atoms with Gasteiger partial charge < -0.3 is 10.1 Å². The fraction of sp³-hybridized carbons (Fsp3) is 0.152. The van der Waals surface area contributed by atoms with Crippen molar-refractivity contribution in [3.05, 3.63) is 128 Å².